The molecule has 19 heavy (non-hydrogen) atoms. The molecule has 0 saturated carbocycles. The third kappa shape index (κ3) is 4.84. The van der Waals surface area contributed by atoms with Crippen LogP contribution in [0.2, 0.25) is 0 Å². The summed E-state index contributed by atoms with van der Waals surface area (Å²) in [6, 6.07) is 0. The van der Waals surface area contributed by atoms with Crippen molar-refractivity contribution in [3.8, 4) is 0 Å². The summed E-state index contributed by atoms with van der Waals surface area (Å²) in [4.78, 5) is 12.8. The summed E-state index contributed by atoms with van der Waals surface area (Å²) >= 11 is 4.62. The molecular formula is C13H22BrN3OS. The fourth-order valence-corrected chi connectivity index (χ4v) is 3.19. The molecule has 0 aliphatic rings. The molecule has 1 unspecified atom stereocenters. The Labute approximate surface area is 127 Å². The Hall–Kier alpha value is -0.490. The van der Waals surface area contributed by atoms with Crippen LogP contribution in [0.1, 0.15) is 55.9 Å². The van der Waals surface area contributed by atoms with Crippen LogP contribution in [0.5, 0.6) is 0 Å². The normalized spacial score (nSPS) is 13.3. The number of nitrogens with one attached hydrogen (secondary N) is 1. The van der Waals surface area contributed by atoms with Crippen LogP contribution in [-0.2, 0) is 5.41 Å². The molecule has 6 heteroatoms. The lowest BCUT2D eigenvalue weighted by Crippen LogP contribution is -2.30. The number of hydrogen-bond donors (Lipinski definition) is 1. The van der Waals surface area contributed by atoms with Gasteiger partial charge in [0.2, 0.25) is 0 Å². The van der Waals surface area contributed by atoms with E-state index in [2.05, 4.69) is 37.8 Å². The molecule has 0 radical (unpaired) electrons. The maximum absolute atomic E-state index is 12.2. The van der Waals surface area contributed by atoms with E-state index in [0.29, 0.717) is 17.3 Å². The fourth-order valence-electron chi connectivity index (χ4n) is 1.75. The number of rotatable bonds is 6. The quantitative estimate of drug-likeness (QED) is 0.802. The number of hydrogen-bond acceptors (Lipinski definition) is 4. The van der Waals surface area contributed by atoms with E-state index >= 15 is 0 Å². The van der Waals surface area contributed by atoms with E-state index in [9.17, 15) is 4.79 Å². The average Bonchev–Trinajstić information content (AvgIpc) is 2.83. The van der Waals surface area contributed by atoms with Crippen LogP contribution in [0.15, 0.2) is 0 Å². The summed E-state index contributed by atoms with van der Waals surface area (Å²) in [5, 5.41) is 8.07. The van der Waals surface area contributed by atoms with Crippen molar-refractivity contribution >= 4 is 33.4 Å². The van der Waals surface area contributed by atoms with Crippen molar-refractivity contribution in [2.24, 2.45) is 5.92 Å². The molecule has 0 fully saturated rings. The Morgan fingerprint density at radius 3 is 2.68 bits per heavy atom. The second kappa shape index (κ2) is 7.33. The van der Waals surface area contributed by atoms with Gasteiger partial charge in [0.05, 0.1) is 5.69 Å². The fraction of sp³-hybridized carbons (Fsp3) is 0.769. The van der Waals surface area contributed by atoms with Crippen molar-refractivity contribution in [3.63, 3.8) is 0 Å². The van der Waals surface area contributed by atoms with Crippen molar-refractivity contribution in [2.45, 2.75) is 46.0 Å². The predicted octanol–water partition coefficient (Wildman–Crippen LogP) is 3.38. The van der Waals surface area contributed by atoms with Crippen molar-refractivity contribution in [1.29, 1.82) is 0 Å². The number of carbonyl (C=O) groups is 1. The Balaban J connectivity index is 2.66. The number of aromatic nitrogens is 2. The molecule has 1 rings (SSSR count). The molecule has 1 N–H and O–H groups in total. The molecular weight excluding hydrogens is 326 g/mol. The largest absolute Gasteiger partial charge is 0.351 e. The first-order valence-corrected chi connectivity index (χ1v) is 8.46. The minimum atomic E-state index is -0.153. The Morgan fingerprint density at radius 2 is 2.16 bits per heavy atom. The van der Waals surface area contributed by atoms with Gasteiger partial charge in [0, 0.05) is 17.3 Å². The summed E-state index contributed by atoms with van der Waals surface area (Å²) in [5.74, 6) is 0.468. The molecule has 1 heterocycles. The number of alkyl halides is 1. The van der Waals surface area contributed by atoms with E-state index in [1.807, 2.05) is 20.8 Å². The van der Waals surface area contributed by atoms with Gasteiger partial charge in [-0.05, 0) is 23.9 Å². The van der Waals surface area contributed by atoms with Gasteiger partial charge in [-0.1, -0.05) is 54.5 Å². The monoisotopic (exact) mass is 347 g/mol. The zero-order chi connectivity index (χ0) is 14.5. The third-order valence-electron chi connectivity index (χ3n) is 3.05. The SMILES string of the molecule is CCC(CCBr)CNC(=O)c1snnc1C(C)(C)C. The smallest absolute Gasteiger partial charge is 0.264 e. The van der Waals surface area contributed by atoms with Crippen LogP contribution >= 0.6 is 27.5 Å². The molecule has 1 aromatic heterocycles. The average molecular weight is 348 g/mol. The number of nitrogens with zero attached hydrogens (tertiary/aromatic N) is 2. The van der Waals surface area contributed by atoms with Gasteiger partial charge in [-0.2, -0.15) is 0 Å². The first-order valence-electron chi connectivity index (χ1n) is 6.57. The van der Waals surface area contributed by atoms with Crippen LogP contribution in [0, 0.1) is 5.92 Å². The minimum Gasteiger partial charge on any atom is -0.351 e. The highest BCUT2D eigenvalue weighted by atomic mass is 79.9. The van der Waals surface area contributed by atoms with Crippen LogP contribution in [-0.4, -0.2) is 27.4 Å². The molecule has 1 atom stereocenters. The molecule has 0 spiro atoms. The summed E-state index contributed by atoms with van der Waals surface area (Å²) in [6.07, 6.45) is 2.14. The van der Waals surface area contributed by atoms with Crippen molar-refractivity contribution in [1.82, 2.24) is 14.9 Å². The standard InChI is InChI=1S/C13H22BrN3OS/c1-5-9(6-7-14)8-15-12(18)10-11(13(2,3)4)16-17-19-10/h9H,5-8H2,1-4H3,(H,15,18). The van der Waals surface area contributed by atoms with Gasteiger partial charge in [-0.15, -0.1) is 5.10 Å². The van der Waals surface area contributed by atoms with E-state index in [4.69, 9.17) is 0 Å². The van der Waals surface area contributed by atoms with Crippen LogP contribution in [0.4, 0.5) is 0 Å². The summed E-state index contributed by atoms with van der Waals surface area (Å²) < 4.78 is 3.92. The lowest BCUT2D eigenvalue weighted by Gasteiger charge is -2.17. The van der Waals surface area contributed by atoms with Gasteiger partial charge < -0.3 is 5.32 Å². The van der Waals surface area contributed by atoms with E-state index in [1.54, 1.807) is 0 Å². The van der Waals surface area contributed by atoms with E-state index in [0.717, 1.165) is 23.9 Å². The van der Waals surface area contributed by atoms with Gasteiger partial charge in [-0.3, -0.25) is 4.79 Å². The van der Waals surface area contributed by atoms with Gasteiger partial charge >= 0.3 is 0 Å². The third-order valence-corrected chi connectivity index (χ3v) is 4.23. The highest BCUT2D eigenvalue weighted by Crippen LogP contribution is 2.25. The first-order chi connectivity index (χ1) is 8.90. The molecule has 1 amide bonds. The lowest BCUT2D eigenvalue weighted by atomic mass is 9.91. The second-order valence-electron chi connectivity index (χ2n) is 5.66. The van der Waals surface area contributed by atoms with Crippen molar-refractivity contribution in [3.05, 3.63) is 10.6 Å². The molecule has 1 aromatic rings. The maximum atomic E-state index is 12.2. The van der Waals surface area contributed by atoms with Crippen LogP contribution in [0.25, 0.3) is 0 Å². The van der Waals surface area contributed by atoms with Gasteiger partial charge in [0.15, 0.2) is 0 Å². The van der Waals surface area contributed by atoms with Crippen LogP contribution < -0.4 is 5.32 Å². The summed E-state index contributed by atoms with van der Waals surface area (Å²) in [5.41, 5.74) is 0.628. The zero-order valence-corrected chi connectivity index (χ0v) is 14.4. The molecule has 4 nitrogen and oxygen atoms in total. The molecule has 0 saturated heterocycles. The molecule has 0 aromatic carbocycles. The summed E-state index contributed by atoms with van der Waals surface area (Å²) in [6.45, 7) is 8.98. The van der Waals surface area contributed by atoms with Gasteiger partial charge in [0.1, 0.15) is 4.88 Å². The first kappa shape index (κ1) is 16.6. The number of halogens is 1. The van der Waals surface area contributed by atoms with Gasteiger partial charge in [0.25, 0.3) is 5.91 Å². The minimum absolute atomic E-state index is 0.0482. The molecule has 0 bridgehead atoms. The van der Waals surface area contributed by atoms with Gasteiger partial charge in [-0.25, -0.2) is 0 Å². The maximum Gasteiger partial charge on any atom is 0.264 e. The van der Waals surface area contributed by atoms with E-state index < -0.39 is 0 Å². The Bertz CT molecular complexity index is 414. The highest BCUT2D eigenvalue weighted by Gasteiger charge is 2.26. The Kier molecular flexibility index (Phi) is 6.39. The second-order valence-corrected chi connectivity index (χ2v) is 7.21. The van der Waals surface area contributed by atoms with Crippen molar-refractivity contribution in [2.75, 3.05) is 11.9 Å². The number of amides is 1. The van der Waals surface area contributed by atoms with Crippen molar-refractivity contribution < 1.29 is 4.79 Å². The number of carbonyl (C=O) groups excluding carboxylic acids is 1. The molecule has 0 aliphatic carbocycles. The lowest BCUT2D eigenvalue weighted by molar-refractivity contribution is 0.0948. The van der Waals surface area contributed by atoms with E-state index in [-0.39, 0.29) is 11.3 Å². The zero-order valence-electron chi connectivity index (χ0n) is 12.0. The van der Waals surface area contributed by atoms with Crippen LogP contribution in [0.3, 0.4) is 0 Å². The molecule has 108 valence electrons. The van der Waals surface area contributed by atoms with E-state index in [1.165, 1.54) is 11.5 Å². The molecule has 0 aliphatic heterocycles. The topological polar surface area (TPSA) is 54.9 Å². The Morgan fingerprint density at radius 1 is 1.47 bits per heavy atom. The summed E-state index contributed by atoms with van der Waals surface area (Å²) in [7, 11) is 0. The highest BCUT2D eigenvalue weighted by molar-refractivity contribution is 9.09. The predicted molar refractivity (Wildman–Crippen MR) is 83.1 cm³/mol.